The fourth-order valence-corrected chi connectivity index (χ4v) is 1.45. The van der Waals surface area contributed by atoms with Gasteiger partial charge in [-0.1, -0.05) is 17.7 Å². The van der Waals surface area contributed by atoms with E-state index in [-0.39, 0.29) is 10.9 Å². The van der Waals surface area contributed by atoms with Gasteiger partial charge in [0.1, 0.15) is 5.82 Å². The van der Waals surface area contributed by atoms with Crippen LogP contribution in [0.2, 0.25) is 5.02 Å². The molecule has 0 aromatic heterocycles. The summed E-state index contributed by atoms with van der Waals surface area (Å²) in [7, 11) is 0. The molecule has 1 N–H and O–H groups in total. The maximum absolute atomic E-state index is 12.8. The van der Waals surface area contributed by atoms with Gasteiger partial charge in [-0.25, -0.2) is 4.39 Å². The van der Waals surface area contributed by atoms with Crippen molar-refractivity contribution in [1.82, 2.24) is 5.32 Å². The van der Waals surface area contributed by atoms with Crippen LogP contribution < -0.4 is 5.32 Å². The lowest BCUT2D eigenvalue weighted by molar-refractivity contribution is -0.116. The average molecular weight is 240 g/mol. The SMILES string of the molecule is O=C(C=Cc1ccc(F)c(Cl)c1)NC1CC1. The number of benzene rings is 1. The van der Waals surface area contributed by atoms with Crippen molar-refractivity contribution in [3.63, 3.8) is 0 Å². The number of amides is 1. The average Bonchev–Trinajstić information content (AvgIpc) is 3.04. The van der Waals surface area contributed by atoms with Gasteiger partial charge >= 0.3 is 0 Å². The Balaban J connectivity index is 1.98. The van der Waals surface area contributed by atoms with Gasteiger partial charge in [-0.15, -0.1) is 0 Å². The zero-order chi connectivity index (χ0) is 11.5. The standard InChI is InChI=1S/C12H11ClFNO/c13-10-7-8(1-5-11(10)14)2-6-12(16)15-9-3-4-9/h1-2,5-7,9H,3-4H2,(H,15,16). The van der Waals surface area contributed by atoms with Crippen LogP contribution in [0, 0.1) is 5.82 Å². The van der Waals surface area contributed by atoms with Crippen molar-refractivity contribution in [3.8, 4) is 0 Å². The predicted molar refractivity (Wildman–Crippen MR) is 61.6 cm³/mol. The molecular formula is C12H11ClFNO. The molecule has 0 aliphatic heterocycles. The predicted octanol–water partition coefficient (Wildman–Crippen LogP) is 2.77. The molecule has 0 heterocycles. The summed E-state index contributed by atoms with van der Waals surface area (Å²) < 4.78 is 12.8. The first-order valence-electron chi connectivity index (χ1n) is 5.09. The van der Waals surface area contributed by atoms with E-state index in [1.165, 1.54) is 18.2 Å². The van der Waals surface area contributed by atoms with Crippen LogP contribution in [0.4, 0.5) is 4.39 Å². The Morgan fingerprint density at radius 3 is 2.88 bits per heavy atom. The lowest BCUT2D eigenvalue weighted by Gasteiger charge is -1.98. The molecule has 1 aromatic rings. The molecule has 1 amide bonds. The van der Waals surface area contributed by atoms with E-state index in [1.54, 1.807) is 12.1 Å². The van der Waals surface area contributed by atoms with E-state index >= 15 is 0 Å². The van der Waals surface area contributed by atoms with Gasteiger partial charge in [-0.05, 0) is 36.6 Å². The highest BCUT2D eigenvalue weighted by molar-refractivity contribution is 6.30. The smallest absolute Gasteiger partial charge is 0.244 e. The van der Waals surface area contributed by atoms with Crippen molar-refractivity contribution in [2.75, 3.05) is 0 Å². The molecule has 0 saturated heterocycles. The molecule has 0 atom stereocenters. The molecule has 4 heteroatoms. The first-order chi connectivity index (χ1) is 7.65. The number of halogens is 2. The Labute approximate surface area is 98.1 Å². The normalized spacial score (nSPS) is 15.4. The van der Waals surface area contributed by atoms with Crippen LogP contribution in [-0.2, 0) is 4.79 Å². The number of hydrogen-bond donors (Lipinski definition) is 1. The summed E-state index contributed by atoms with van der Waals surface area (Å²) in [6.45, 7) is 0. The first-order valence-corrected chi connectivity index (χ1v) is 5.46. The number of rotatable bonds is 3. The number of nitrogens with one attached hydrogen (secondary N) is 1. The van der Waals surface area contributed by atoms with Crippen molar-refractivity contribution in [3.05, 3.63) is 40.7 Å². The van der Waals surface area contributed by atoms with Gasteiger partial charge in [-0.3, -0.25) is 4.79 Å². The largest absolute Gasteiger partial charge is 0.350 e. The van der Waals surface area contributed by atoms with Gasteiger partial charge in [0.15, 0.2) is 0 Å². The molecule has 1 aliphatic carbocycles. The lowest BCUT2D eigenvalue weighted by Crippen LogP contribution is -2.22. The minimum atomic E-state index is -0.457. The second kappa shape index (κ2) is 4.66. The second-order valence-electron chi connectivity index (χ2n) is 3.79. The number of hydrogen-bond acceptors (Lipinski definition) is 1. The van der Waals surface area contributed by atoms with Gasteiger partial charge in [0.05, 0.1) is 5.02 Å². The van der Waals surface area contributed by atoms with Gasteiger partial charge in [-0.2, -0.15) is 0 Å². The monoisotopic (exact) mass is 239 g/mol. The van der Waals surface area contributed by atoms with Crippen LogP contribution in [0.1, 0.15) is 18.4 Å². The second-order valence-corrected chi connectivity index (χ2v) is 4.20. The highest BCUT2D eigenvalue weighted by Gasteiger charge is 2.21. The number of carbonyl (C=O) groups is 1. The first kappa shape index (κ1) is 11.1. The molecule has 0 radical (unpaired) electrons. The molecule has 2 nitrogen and oxygen atoms in total. The fraction of sp³-hybridized carbons (Fsp3) is 0.250. The third-order valence-electron chi connectivity index (χ3n) is 2.29. The lowest BCUT2D eigenvalue weighted by atomic mass is 10.2. The van der Waals surface area contributed by atoms with Crippen LogP contribution in [0.15, 0.2) is 24.3 Å². The van der Waals surface area contributed by atoms with Crippen LogP contribution >= 0.6 is 11.6 Å². The van der Waals surface area contributed by atoms with E-state index in [0.717, 1.165) is 12.8 Å². The summed E-state index contributed by atoms with van der Waals surface area (Å²) in [5.74, 6) is -0.579. The third kappa shape index (κ3) is 3.07. The maximum Gasteiger partial charge on any atom is 0.244 e. The van der Waals surface area contributed by atoms with E-state index in [1.807, 2.05) is 0 Å². The quantitative estimate of drug-likeness (QED) is 0.808. The summed E-state index contributed by atoms with van der Waals surface area (Å²) >= 11 is 5.61. The van der Waals surface area contributed by atoms with E-state index < -0.39 is 5.82 Å². The van der Waals surface area contributed by atoms with Crippen molar-refractivity contribution in [2.24, 2.45) is 0 Å². The topological polar surface area (TPSA) is 29.1 Å². The zero-order valence-electron chi connectivity index (χ0n) is 8.54. The summed E-state index contributed by atoms with van der Waals surface area (Å²) in [5, 5.41) is 2.88. The summed E-state index contributed by atoms with van der Waals surface area (Å²) in [6, 6.07) is 4.68. The zero-order valence-corrected chi connectivity index (χ0v) is 9.30. The Kier molecular flexibility index (Phi) is 3.25. The highest BCUT2D eigenvalue weighted by atomic mass is 35.5. The Morgan fingerprint density at radius 2 is 2.25 bits per heavy atom. The molecule has 1 saturated carbocycles. The van der Waals surface area contributed by atoms with Gasteiger partial charge in [0, 0.05) is 12.1 Å². The molecule has 1 aromatic carbocycles. The van der Waals surface area contributed by atoms with Crippen LogP contribution in [-0.4, -0.2) is 11.9 Å². The maximum atomic E-state index is 12.8. The van der Waals surface area contributed by atoms with Crippen LogP contribution in [0.3, 0.4) is 0 Å². The van der Waals surface area contributed by atoms with Crippen molar-refractivity contribution in [2.45, 2.75) is 18.9 Å². The molecule has 2 rings (SSSR count). The molecule has 1 aliphatic rings. The molecule has 1 fully saturated rings. The number of carbonyl (C=O) groups excluding carboxylic acids is 1. The molecule has 84 valence electrons. The van der Waals surface area contributed by atoms with Gasteiger partial charge < -0.3 is 5.32 Å². The van der Waals surface area contributed by atoms with Crippen LogP contribution in [0.5, 0.6) is 0 Å². The van der Waals surface area contributed by atoms with Gasteiger partial charge in [0.2, 0.25) is 5.91 Å². The Hall–Kier alpha value is -1.35. The minimum absolute atomic E-state index is 0.0600. The fourth-order valence-electron chi connectivity index (χ4n) is 1.26. The molecule has 16 heavy (non-hydrogen) atoms. The van der Waals surface area contributed by atoms with Crippen molar-refractivity contribution >= 4 is 23.6 Å². The van der Waals surface area contributed by atoms with Crippen molar-refractivity contribution < 1.29 is 9.18 Å². The highest BCUT2D eigenvalue weighted by Crippen LogP contribution is 2.19. The molecule has 0 unspecified atom stereocenters. The Morgan fingerprint density at radius 1 is 1.50 bits per heavy atom. The summed E-state index contributed by atoms with van der Waals surface area (Å²) in [5.41, 5.74) is 0.706. The third-order valence-corrected chi connectivity index (χ3v) is 2.58. The van der Waals surface area contributed by atoms with E-state index in [9.17, 15) is 9.18 Å². The molecular weight excluding hydrogens is 229 g/mol. The molecule has 0 bridgehead atoms. The van der Waals surface area contributed by atoms with Gasteiger partial charge in [0.25, 0.3) is 0 Å². The summed E-state index contributed by atoms with van der Waals surface area (Å²) in [4.78, 5) is 11.3. The molecule has 0 spiro atoms. The summed E-state index contributed by atoms with van der Waals surface area (Å²) in [6.07, 6.45) is 5.16. The van der Waals surface area contributed by atoms with E-state index in [4.69, 9.17) is 11.6 Å². The van der Waals surface area contributed by atoms with Crippen molar-refractivity contribution in [1.29, 1.82) is 0 Å². The minimum Gasteiger partial charge on any atom is -0.350 e. The van der Waals surface area contributed by atoms with E-state index in [2.05, 4.69) is 5.32 Å². The Bertz CT molecular complexity index is 441. The van der Waals surface area contributed by atoms with E-state index in [0.29, 0.717) is 11.6 Å². The van der Waals surface area contributed by atoms with Crippen LogP contribution in [0.25, 0.3) is 6.08 Å².